The number of benzene rings is 1. The molecular weight excluding hydrogens is 226 g/mol. The first kappa shape index (κ1) is 12.7. The summed E-state index contributed by atoms with van der Waals surface area (Å²) in [5.74, 6) is -0.954. The Morgan fingerprint density at radius 2 is 2.18 bits per heavy atom. The van der Waals surface area contributed by atoms with Crippen molar-refractivity contribution < 1.29 is 19.6 Å². The second-order valence-corrected chi connectivity index (χ2v) is 3.34. The van der Waals surface area contributed by atoms with Gasteiger partial charge in [0.25, 0.3) is 0 Å². The highest BCUT2D eigenvalue weighted by molar-refractivity contribution is 5.80. The number of rotatable bonds is 5. The van der Waals surface area contributed by atoms with E-state index in [-0.39, 0.29) is 18.0 Å². The van der Waals surface area contributed by atoms with E-state index in [0.29, 0.717) is 5.57 Å². The molecule has 0 bridgehead atoms. The Kier molecular flexibility index (Phi) is 4.21. The summed E-state index contributed by atoms with van der Waals surface area (Å²) < 4.78 is 5.19. The van der Waals surface area contributed by atoms with Crippen LogP contribution in [0.5, 0.6) is 5.75 Å². The lowest BCUT2D eigenvalue weighted by Gasteiger charge is -2.06. The van der Waals surface area contributed by atoms with Crippen LogP contribution in [-0.2, 0) is 4.79 Å². The summed E-state index contributed by atoms with van der Waals surface area (Å²) in [7, 11) is 0. The van der Waals surface area contributed by atoms with Gasteiger partial charge < -0.3 is 9.84 Å². The lowest BCUT2D eigenvalue weighted by atomic mass is 10.3. The number of nitro benzene ring substituents is 1. The van der Waals surface area contributed by atoms with Crippen LogP contribution < -0.4 is 4.74 Å². The third-order valence-corrected chi connectivity index (χ3v) is 1.89. The normalized spacial score (nSPS) is 11.0. The van der Waals surface area contributed by atoms with Gasteiger partial charge in [-0.3, -0.25) is 10.1 Å². The summed E-state index contributed by atoms with van der Waals surface area (Å²) in [6.07, 6.45) is 0.995. The van der Waals surface area contributed by atoms with Crippen molar-refractivity contribution in [2.24, 2.45) is 0 Å². The van der Waals surface area contributed by atoms with Crippen LogP contribution in [0.2, 0.25) is 0 Å². The lowest BCUT2D eigenvalue weighted by Crippen LogP contribution is -2.03. The molecule has 0 spiro atoms. The Morgan fingerprint density at radius 3 is 2.76 bits per heavy atom. The van der Waals surface area contributed by atoms with Gasteiger partial charge in [-0.05, 0) is 18.6 Å². The number of carboxylic acid groups (broad SMARTS) is 1. The van der Waals surface area contributed by atoms with Crippen LogP contribution >= 0.6 is 0 Å². The van der Waals surface area contributed by atoms with E-state index in [4.69, 9.17) is 9.84 Å². The molecule has 6 nitrogen and oxygen atoms in total. The summed E-state index contributed by atoms with van der Waals surface area (Å²) in [4.78, 5) is 20.5. The maximum atomic E-state index is 10.7. The molecule has 90 valence electrons. The second-order valence-electron chi connectivity index (χ2n) is 3.34. The van der Waals surface area contributed by atoms with Crippen LogP contribution in [0, 0.1) is 10.1 Å². The first-order chi connectivity index (χ1) is 8.00. The molecule has 1 aromatic carbocycles. The van der Waals surface area contributed by atoms with Gasteiger partial charge in [-0.15, -0.1) is 0 Å². The molecule has 0 saturated heterocycles. The predicted molar refractivity (Wildman–Crippen MR) is 60.0 cm³/mol. The number of carbonyl (C=O) groups is 1. The number of carboxylic acids is 1. The van der Waals surface area contributed by atoms with Crippen molar-refractivity contribution in [1.82, 2.24) is 0 Å². The van der Waals surface area contributed by atoms with E-state index < -0.39 is 10.9 Å². The molecule has 0 fully saturated rings. The fraction of sp³-hybridized carbons (Fsp3) is 0.182. The average molecular weight is 237 g/mol. The molecule has 0 aliphatic rings. The zero-order chi connectivity index (χ0) is 12.8. The maximum absolute atomic E-state index is 10.7. The summed E-state index contributed by atoms with van der Waals surface area (Å²) in [5.41, 5.74) is 0.325. The number of para-hydroxylation sites is 2. The number of ether oxygens (including phenoxy) is 1. The van der Waals surface area contributed by atoms with Gasteiger partial charge in [-0.2, -0.15) is 0 Å². The van der Waals surface area contributed by atoms with Crippen molar-refractivity contribution in [3.05, 3.63) is 46.0 Å². The zero-order valence-corrected chi connectivity index (χ0v) is 9.12. The van der Waals surface area contributed by atoms with E-state index in [1.165, 1.54) is 18.2 Å². The molecule has 0 atom stereocenters. The van der Waals surface area contributed by atoms with Gasteiger partial charge in [-0.25, -0.2) is 4.79 Å². The molecule has 0 aliphatic carbocycles. The third-order valence-electron chi connectivity index (χ3n) is 1.89. The topological polar surface area (TPSA) is 89.7 Å². The van der Waals surface area contributed by atoms with Crippen molar-refractivity contribution >= 4 is 11.7 Å². The highest BCUT2D eigenvalue weighted by Gasteiger charge is 2.13. The molecule has 0 aromatic heterocycles. The molecule has 0 amide bonds. The van der Waals surface area contributed by atoms with E-state index in [2.05, 4.69) is 0 Å². The summed E-state index contributed by atoms with van der Waals surface area (Å²) in [6.45, 7) is 1.57. The van der Waals surface area contributed by atoms with Gasteiger partial charge >= 0.3 is 11.7 Å². The minimum atomic E-state index is -1.08. The van der Waals surface area contributed by atoms with Crippen molar-refractivity contribution in [1.29, 1.82) is 0 Å². The number of nitrogens with zero attached hydrogens (tertiary/aromatic N) is 1. The van der Waals surface area contributed by atoms with Crippen molar-refractivity contribution in [3.8, 4) is 5.75 Å². The molecule has 17 heavy (non-hydrogen) atoms. The highest BCUT2D eigenvalue weighted by Crippen LogP contribution is 2.25. The van der Waals surface area contributed by atoms with Crippen LogP contribution in [0.1, 0.15) is 6.92 Å². The number of nitro groups is 1. The minimum Gasteiger partial charge on any atom is -0.482 e. The quantitative estimate of drug-likeness (QED) is 0.480. The van der Waals surface area contributed by atoms with E-state index in [9.17, 15) is 14.9 Å². The van der Waals surface area contributed by atoms with E-state index in [1.54, 1.807) is 13.0 Å². The molecule has 1 rings (SSSR count). The van der Waals surface area contributed by atoms with Gasteiger partial charge in [0.05, 0.1) is 4.92 Å². The Labute approximate surface area is 97.3 Å². The van der Waals surface area contributed by atoms with E-state index >= 15 is 0 Å². The fourth-order valence-electron chi connectivity index (χ4n) is 1.17. The highest BCUT2D eigenvalue weighted by atomic mass is 16.6. The Hall–Kier alpha value is -2.37. The molecule has 1 N–H and O–H groups in total. The monoisotopic (exact) mass is 237 g/mol. The Morgan fingerprint density at radius 1 is 1.53 bits per heavy atom. The van der Waals surface area contributed by atoms with Crippen LogP contribution in [0.4, 0.5) is 5.69 Å². The standard InChI is InChI=1S/C11H11NO5/c1-8(6-11(13)14)7-17-10-5-3-2-4-9(10)12(15)16/h2-6H,7H2,1H3,(H,13,14). The maximum Gasteiger partial charge on any atom is 0.328 e. The van der Waals surface area contributed by atoms with Crippen LogP contribution in [0.15, 0.2) is 35.9 Å². The number of hydrogen-bond acceptors (Lipinski definition) is 4. The lowest BCUT2D eigenvalue weighted by molar-refractivity contribution is -0.385. The van der Waals surface area contributed by atoms with Crippen molar-refractivity contribution in [2.45, 2.75) is 6.92 Å². The minimum absolute atomic E-state index is 0.00282. The summed E-state index contributed by atoms with van der Waals surface area (Å²) in [5, 5.41) is 19.1. The summed E-state index contributed by atoms with van der Waals surface area (Å²) >= 11 is 0. The first-order valence-electron chi connectivity index (χ1n) is 4.77. The van der Waals surface area contributed by atoms with Crippen LogP contribution in [0.3, 0.4) is 0 Å². The van der Waals surface area contributed by atoms with Crippen molar-refractivity contribution in [3.63, 3.8) is 0 Å². The largest absolute Gasteiger partial charge is 0.482 e. The van der Waals surface area contributed by atoms with Gasteiger partial charge in [0.1, 0.15) is 6.61 Å². The molecule has 0 heterocycles. The molecule has 0 radical (unpaired) electrons. The molecule has 0 aliphatic heterocycles. The van der Waals surface area contributed by atoms with E-state index in [0.717, 1.165) is 6.08 Å². The molecule has 0 unspecified atom stereocenters. The molecular formula is C11H11NO5. The first-order valence-corrected chi connectivity index (χ1v) is 4.77. The number of hydrogen-bond donors (Lipinski definition) is 1. The van der Waals surface area contributed by atoms with Crippen LogP contribution in [-0.4, -0.2) is 22.6 Å². The molecule has 1 aromatic rings. The molecule has 6 heteroatoms. The van der Waals surface area contributed by atoms with Gasteiger partial charge in [0, 0.05) is 12.1 Å². The smallest absolute Gasteiger partial charge is 0.328 e. The number of aliphatic carboxylic acids is 1. The fourth-order valence-corrected chi connectivity index (χ4v) is 1.17. The third kappa shape index (κ3) is 3.94. The Bertz CT molecular complexity index is 467. The SMILES string of the molecule is CC(=CC(=O)O)COc1ccccc1[N+](=O)[O-]. The summed E-state index contributed by atoms with van der Waals surface area (Å²) in [6, 6.07) is 5.93. The van der Waals surface area contributed by atoms with Gasteiger partial charge in [-0.1, -0.05) is 12.1 Å². The average Bonchev–Trinajstić information content (AvgIpc) is 2.25. The molecule has 0 saturated carbocycles. The van der Waals surface area contributed by atoms with Gasteiger partial charge in [0.2, 0.25) is 0 Å². The Balaban J connectivity index is 2.76. The second kappa shape index (κ2) is 5.64. The van der Waals surface area contributed by atoms with Crippen LogP contribution in [0.25, 0.3) is 0 Å². The predicted octanol–water partition coefficient (Wildman–Crippen LogP) is 2.00. The van der Waals surface area contributed by atoms with Crippen molar-refractivity contribution in [2.75, 3.05) is 6.61 Å². The van der Waals surface area contributed by atoms with Gasteiger partial charge in [0.15, 0.2) is 5.75 Å². The van der Waals surface area contributed by atoms with E-state index in [1.807, 2.05) is 0 Å². The zero-order valence-electron chi connectivity index (χ0n) is 9.12.